The molecular formula is C17H20N2S. The number of hydrogen-bond donors (Lipinski definition) is 0. The van der Waals surface area contributed by atoms with Gasteiger partial charge in [-0.25, -0.2) is 4.98 Å². The minimum atomic E-state index is 0.702. The molecule has 0 unspecified atom stereocenters. The lowest BCUT2D eigenvalue weighted by molar-refractivity contribution is 0.647. The van der Waals surface area contributed by atoms with Crippen molar-refractivity contribution < 1.29 is 0 Å². The Kier molecular flexibility index (Phi) is 3.62. The van der Waals surface area contributed by atoms with E-state index in [1.165, 1.54) is 21.7 Å². The third kappa shape index (κ3) is 2.38. The van der Waals surface area contributed by atoms with Crippen LogP contribution >= 0.6 is 11.3 Å². The number of benzene rings is 1. The molecule has 1 aromatic carbocycles. The number of aromatic nitrogens is 2. The van der Waals surface area contributed by atoms with Crippen LogP contribution in [0.1, 0.15) is 31.2 Å². The lowest BCUT2D eigenvalue weighted by Crippen LogP contribution is -1.94. The van der Waals surface area contributed by atoms with Gasteiger partial charge in [-0.1, -0.05) is 45.0 Å². The van der Waals surface area contributed by atoms with E-state index in [1.54, 1.807) is 11.3 Å². The zero-order chi connectivity index (χ0) is 14.1. The van der Waals surface area contributed by atoms with Gasteiger partial charge in [0.15, 0.2) is 4.96 Å². The Morgan fingerprint density at radius 1 is 1.20 bits per heavy atom. The SMILES string of the molecule is CCc1sc2nccn2c1-c1ccc(CC(C)C)cc1. The largest absolute Gasteiger partial charge is 0.290 e. The number of hydrogen-bond acceptors (Lipinski definition) is 2. The van der Waals surface area contributed by atoms with Crippen molar-refractivity contribution in [1.82, 2.24) is 9.38 Å². The highest BCUT2D eigenvalue weighted by atomic mass is 32.1. The number of rotatable bonds is 4. The first-order valence-corrected chi connectivity index (χ1v) is 8.04. The van der Waals surface area contributed by atoms with Crippen LogP contribution in [0.15, 0.2) is 36.7 Å². The van der Waals surface area contributed by atoms with Crippen LogP contribution in [0.25, 0.3) is 16.2 Å². The van der Waals surface area contributed by atoms with E-state index in [4.69, 9.17) is 0 Å². The molecular weight excluding hydrogens is 264 g/mol. The molecule has 3 heteroatoms. The Labute approximate surface area is 124 Å². The second-order valence-corrected chi connectivity index (χ2v) is 6.66. The van der Waals surface area contributed by atoms with Crippen LogP contribution in [-0.2, 0) is 12.8 Å². The standard InChI is InChI=1S/C17H20N2S/c1-4-15-16(19-10-9-18-17(19)20-15)14-7-5-13(6-8-14)11-12(2)3/h5-10,12H,4,11H2,1-3H3. The minimum Gasteiger partial charge on any atom is -0.290 e. The first-order valence-electron chi connectivity index (χ1n) is 7.23. The molecule has 2 aromatic heterocycles. The summed E-state index contributed by atoms with van der Waals surface area (Å²) >= 11 is 1.79. The molecule has 0 saturated carbocycles. The Bertz CT molecular complexity index is 704. The fourth-order valence-corrected chi connectivity index (χ4v) is 3.68. The van der Waals surface area contributed by atoms with E-state index in [0.29, 0.717) is 5.92 Å². The van der Waals surface area contributed by atoms with Gasteiger partial charge in [0, 0.05) is 17.3 Å². The van der Waals surface area contributed by atoms with Gasteiger partial charge in [0.1, 0.15) is 0 Å². The second-order valence-electron chi connectivity index (χ2n) is 5.60. The monoisotopic (exact) mass is 284 g/mol. The van der Waals surface area contributed by atoms with E-state index < -0.39 is 0 Å². The summed E-state index contributed by atoms with van der Waals surface area (Å²) in [6.07, 6.45) is 6.13. The van der Waals surface area contributed by atoms with Crippen LogP contribution in [-0.4, -0.2) is 9.38 Å². The number of thiazole rings is 1. The van der Waals surface area contributed by atoms with Gasteiger partial charge in [-0.15, -0.1) is 11.3 Å². The van der Waals surface area contributed by atoms with Crippen LogP contribution in [0.5, 0.6) is 0 Å². The Hall–Kier alpha value is -1.61. The summed E-state index contributed by atoms with van der Waals surface area (Å²) < 4.78 is 2.21. The molecule has 104 valence electrons. The molecule has 0 spiro atoms. The van der Waals surface area contributed by atoms with Crippen molar-refractivity contribution in [3.63, 3.8) is 0 Å². The van der Waals surface area contributed by atoms with Crippen molar-refractivity contribution in [2.45, 2.75) is 33.6 Å². The van der Waals surface area contributed by atoms with Gasteiger partial charge < -0.3 is 0 Å². The third-order valence-corrected chi connectivity index (χ3v) is 4.73. The fourth-order valence-electron chi connectivity index (χ4n) is 2.64. The normalized spacial score (nSPS) is 11.6. The molecule has 0 saturated heterocycles. The Balaban J connectivity index is 2.03. The van der Waals surface area contributed by atoms with Crippen LogP contribution in [0.2, 0.25) is 0 Å². The van der Waals surface area contributed by atoms with E-state index in [1.807, 2.05) is 6.20 Å². The van der Waals surface area contributed by atoms with E-state index in [2.05, 4.69) is 60.6 Å². The molecule has 0 fully saturated rings. The van der Waals surface area contributed by atoms with Crippen molar-refractivity contribution in [2.75, 3.05) is 0 Å². The van der Waals surface area contributed by atoms with Crippen LogP contribution in [0.4, 0.5) is 0 Å². The van der Waals surface area contributed by atoms with Crippen molar-refractivity contribution in [3.05, 3.63) is 47.1 Å². The smallest absolute Gasteiger partial charge is 0.194 e. The molecule has 2 nitrogen and oxygen atoms in total. The van der Waals surface area contributed by atoms with Crippen LogP contribution in [0.3, 0.4) is 0 Å². The van der Waals surface area contributed by atoms with Crippen LogP contribution in [0, 0.1) is 5.92 Å². The van der Waals surface area contributed by atoms with Crippen molar-refractivity contribution in [1.29, 1.82) is 0 Å². The first-order chi connectivity index (χ1) is 9.69. The average Bonchev–Trinajstić information content (AvgIpc) is 2.99. The van der Waals surface area contributed by atoms with Gasteiger partial charge in [0.2, 0.25) is 0 Å². The molecule has 2 heterocycles. The summed E-state index contributed by atoms with van der Waals surface area (Å²) in [6, 6.07) is 9.02. The topological polar surface area (TPSA) is 17.3 Å². The summed E-state index contributed by atoms with van der Waals surface area (Å²) in [6.45, 7) is 6.73. The van der Waals surface area contributed by atoms with E-state index in [-0.39, 0.29) is 0 Å². The quantitative estimate of drug-likeness (QED) is 0.671. The summed E-state index contributed by atoms with van der Waals surface area (Å²) in [7, 11) is 0. The lowest BCUT2D eigenvalue weighted by atomic mass is 10.0. The Morgan fingerprint density at radius 2 is 1.95 bits per heavy atom. The highest BCUT2D eigenvalue weighted by Crippen LogP contribution is 2.32. The molecule has 3 aromatic rings. The highest BCUT2D eigenvalue weighted by molar-refractivity contribution is 7.17. The van der Waals surface area contributed by atoms with E-state index in [9.17, 15) is 0 Å². The number of nitrogens with zero attached hydrogens (tertiary/aromatic N) is 2. The molecule has 0 amide bonds. The zero-order valence-corrected chi connectivity index (χ0v) is 13.1. The van der Waals surface area contributed by atoms with E-state index in [0.717, 1.165) is 17.8 Å². The molecule has 0 aliphatic heterocycles. The average molecular weight is 284 g/mol. The predicted octanol–water partition coefficient (Wildman–Crippen LogP) is 4.82. The number of imidazole rings is 1. The fraction of sp³-hybridized carbons (Fsp3) is 0.353. The molecule has 3 rings (SSSR count). The predicted molar refractivity (Wildman–Crippen MR) is 86.4 cm³/mol. The van der Waals surface area contributed by atoms with Gasteiger partial charge >= 0.3 is 0 Å². The summed E-state index contributed by atoms with van der Waals surface area (Å²) in [5.74, 6) is 0.702. The van der Waals surface area contributed by atoms with Gasteiger partial charge in [0.25, 0.3) is 0 Å². The summed E-state index contributed by atoms with van der Waals surface area (Å²) in [4.78, 5) is 6.91. The molecule has 0 bridgehead atoms. The zero-order valence-electron chi connectivity index (χ0n) is 12.3. The maximum absolute atomic E-state index is 4.41. The highest BCUT2D eigenvalue weighted by Gasteiger charge is 2.13. The second kappa shape index (κ2) is 5.41. The maximum Gasteiger partial charge on any atom is 0.194 e. The summed E-state index contributed by atoms with van der Waals surface area (Å²) in [5, 5.41) is 0. The van der Waals surface area contributed by atoms with Crippen molar-refractivity contribution in [3.8, 4) is 11.3 Å². The molecule has 0 N–H and O–H groups in total. The molecule has 0 radical (unpaired) electrons. The van der Waals surface area contributed by atoms with Crippen molar-refractivity contribution in [2.24, 2.45) is 5.92 Å². The molecule has 0 aliphatic rings. The number of fused-ring (bicyclic) bond motifs is 1. The van der Waals surface area contributed by atoms with Gasteiger partial charge in [0.05, 0.1) is 5.69 Å². The van der Waals surface area contributed by atoms with Crippen LogP contribution < -0.4 is 0 Å². The maximum atomic E-state index is 4.41. The summed E-state index contributed by atoms with van der Waals surface area (Å²) in [5.41, 5.74) is 4.01. The first kappa shape index (κ1) is 13.4. The van der Waals surface area contributed by atoms with Gasteiger partial charge in [-0.3, -0.25) is 4.40 Å². The number of aryl methyl sites for hydroxylation is 1. The van der Waals surface area contributed by atoms with Gasteiger partial charge in [-0.05, 0) is 29.9 Å². The molecule has 20 heavy (non-hydrogen) atoms. The molecule has 0 atom stereocenters. The Morgan fingerprint density at radius 3 is 2.60 bits per heavy atom. The van der Waals surface area contributed by atoms with Crippen molar-refractivity contribution >= 4 is 16.3 Å². The molecule has 0 aliphatic carbocycles. The third-order valence-electron chi connectivity index (χ3n) is 3.52. The van der Waals surface area contributed by atoms with E-state index >= 15 is 0 Å². The lowest BCUT2D eigenvalue weighted by Gasteiger charge is -2.07. The minimum absolute atomic E-state index is 0.702. The van der Waals surface area contributed by atoms with Gasteiger partial charge in [-0.2, -0.15) is 0 Å².